The summed E-state index contributed by atoms with van der Waals surface area (Å²) in [6.07, 6.45) is 0.937. The quantitative estimate of drug-likeness (QED) is 0.719. The summed E-state index contributed by atoms with van der Waals surface area (Å²) in [7, 11) is -1.63. The third-order valence-electron chi connectivity index (χ3n) is 2.78. The van der Waals surface area contributed by atoms with Crippen LogP contribution in [-0.4, -0.2) is 29.9 Å². The average molecular weight is 303 g/mol. The Morgan fingerprint density at radius 2 is 1.85 bits per heavy atom. The van der Waals surface area contributed by atoms with Crippen LogP contribution in [0.1, 0.15) is 13.8 Å². The van der Waals surface area contributed by atoms with Gasteiger partial charge in [0.2, 0.25) is 10.0 Å². The lowest BCUT2D eigenvalue weighted by Gasteiger charge is -2.09. The first-order valence-electron chi connectivity index (χ1n) is 5.87. The predicted molar refractivity (Wildman–Crippen MR) is 72.0 cm³/mol. The third-order valence-corrected chi connectivity index (χ3v) is 4.17. The number of carbonyl (C=O) groups is 1. The van der Waals surface area contributed by atoms with E-state index in [0.29, 0.717) is 4.57 Å². The molecule has 0 radical (unpaired) electrons. The average Bonchev–Trinajstić information content (AvgIpc) is 2.37. The molecule has 0 fully saturated rings. The second-order valence-corrected chi connectivity index (χ2v) is 6.43. The van der Waals surface area contributed by atoms with E-state index in [-0.39, 0.29) is 11.7 Å². The van der Waals surface area contributed by atoms with Crippen LogP contribution in [-0.2, 0) is 28.9 Å². The zero-order valence-corrected chi connectivity index (χ0v) is 12.5. The molecule has 0 saturated carbocycles. The SMILES string of the molecule is CC(C)C(=O)CNS(=O)(=O)c1cn(C)c(=O)n(C)c1=O. The Morgan fingerprint density at radius 3 is 2.35 bits per heavy atom. The lowest BCUT2D eigenvalue weighted by molar-refractivity contribution is -0.120. The first-order chi connectivity index (χ1) is 9.08. The summed E-state index contributed by atoms with van der Waals surface area (Å²) in [4.78, 5) is 34.2. The molecular formula is C11H17N3O5S. The van der Waals surface area contributed by atoms with E-state index in [1.54, 1.807) is 13.8 Å². The van der Waals surface area contributed by atoms with Gasteiger partial charge in [-0.3, -0.25) is 14.2 Å². The fourth-order valence-electron chi connectivity index (χ4n) is 1.41. The van der Waals surface area contributed by atoms with Crippen molar-refractivity contribution in [1.82, 2.24) is 13.9 Å². The van der Waals surface area contributed by atoms with Gasteiger partial charge in [0.05, 0.1) is 6.54 Å². The highest BCUT2D eigenvalue weighted by atomic mass is 32.2. The van der Waals surface area contributed by atoms with Crippen LogP contribution in [0.15, 0.2) is 20.7 Å². The summed E-state index contributed by atoms with van der Waals surface area (Å²) < 4.78 is 27.8. The predicted octanol–water partition coefficient (Wildman–Crippen LogP) is -1.41. The standard InChI is InChI=1S/C11H17N3O5S/c1-7(2)8(15)5-12-20(18,19)9-6-13(3)11(17)14(4)10(9)16/h6-7,12H,5H2,1-4H3. The molecule has 112 valence electrons. The summed E-state index contributed by atoms with van der Waals surface area (Å²) in [5.74, 6) is -0.615. The van der Waals surface area contributed by atoms with E-state index in [9.17, 15) is 22.8 Å². The second-order valence-electron chi connectivity index (χ2n) is 4.70. The Labute approximate surface area is 116 Å². The summed E-state index contributed by atoms with van der Waals surface area (Å²) in [6, 6.07) is 0. The molecule has 0 unspecified atom stereocenters. The minimum atomic E-state index is -4.15. The van der Waals surface area contributed by atoms with Gasteiger partial charge in [0.15, 0.2) is 4.90 Å². The molecule has 1 aromatic heterocycles. The molecule has 0 aromatic carbocycles. The zero-order chi connectivity index (χ0) is 15.7. The van der Waals surface area contributed by atoms with Gasteiger partial charge in [0.1, 0.15) is 5.78 Å². The molecule has 0 amide bonds. The fourth-order valence-corrected chi connectivity index (χ4v) is 2.56. The molecule has 0 spiro atoms. The number of aryl methyl sites for hydroxylation is 1. The minimum absolute atomic E-state index is 0.296. The van der Waals surface area contributed by atoms with Crippen molar-refractivity contribution in [3.8, 4) is 0 Å². The van der Waals surface area contributed by atoms with Crippen LogP contribution in [0.2, 0.25) is 0 Å². The number of carbonyl (C=O) groups excluding carboxylic acids is 1. The Morgan fingerprint density at radius 1 is 1.30 bits per heavy atom. The lowest BCUT2D eigenvalue weighted by atomic mass is 10.1. The van der Waals surface area contributed by atoms with Crippen molar-refractivity contribution >= 4 is 15.8 Å². The summed E-state index contributed by atoms with van der Waals surface area (Å²) in [5.41, 5.74) is -1.56. The van der Waals surface area contributed by atoms with Crippen molar-refractivity contribution < 1.29 is 13.2 Å². The van der Waals surface area contributed by atoms with Gasteiger partial charge >= 0.3 is 5.69 Å². The van der Waals surface area contributed by atoms with E-state index < -0.39 is 32.7 Å². The van der Waals surface area contributed by atoms with Crippen molar-refractivity contribution in [2.75, 3.05) is 6.54 Å². The molecule has 0 atom stereocenters. The van der Waals surface area contributed by atoms with Crippen LogP contribution < -0.4 is 16.0 Å². The van der Waals surface area contributed by atoms with Crippen molar-refractivity contribution in [3.63, 3.8) is 0 Å². The highest BCUT2D eigenvalue weighted by molar-refractivity contribution is 7.89. The summed E-state index contributed by atoms with van der Waals surface area (Å²) in [6.45, 7) is 2.88. The molecule has 9 heteroatoms. The van der Waals surface area contributed by atoms with Gasteiger partial charge in [-0.1, -0.05) is 13.8 Å². The zero-order valence-electron chi connectivity index (χ0n) is 11.7. The van der Waals surface area contributed by atoms with Gasteiger partial charge in [0, 0.05) is 26.2 Å². The molecule has 0 saturated heterocycles. The van der Waals surface area contributed by atoms with E-state index in [4.69, 9.17) is 0 Å². The molecule has 20 heavy (non-hydrogen) atoms. The Kier molecular flexibility index (Phi) is 4.66. The first-order valence-corrected chi connectivity index (χ1v) is 7.35. The number of ketones is 1. The van der Waals surface area contributed by atoms with E-state index in [0.717, 1.165) is 10.8 Å². The van der Waals surface area contributed by atoms with Crippen LogP contribution >= 0.6 is 0 Å². The minimum Gasteiger partial charge on any atom is -0.302 e. The maximum absolute atomic E-state index is 12.0. The Bertz CT molecular complexity index is 742. The second kappa shape index (κ2) is 5.71. The number of nitrogens with zero attached hydrogens (tertiary/aromatic N) is 2. The molecule has 1 rings (SSSR count). The molecule has 1 N–H and O–H groups in total. The largest absolute Gasteiger partial charge is 0.330 e. The van der Waals surface area contributed by atoms with Gasteiger partial charge in [-0.2, -0.15) is 0 Å². The number of nitrogens with one attached hydrogen (secondary N) is 1. The number of sulfonamides is 1. The van der Waals surface area contributed by atoms with Crippen molar-refractivity contribution in [3.05, 3.63) is 27.0 Å². The van der Waals surface area contributed by atoms with Gasteiger partial charge < -0.3 is 4.57 Å². The van der Waals surface area contributed by atoms with Gasteiger partial charge in [-0.25, -0.2) is 17.9 Å². The highest BCUT2D eigenvalue weighted by Crippen LogP contribution is 2.01. The van der Waals surface area contributed by atoms with E-state index in [1.165, 1.54) is 14.1 Å². The maximum Gasteiger partial charge on any atom is 0.330 e. The summed E-state index contributed by atoms with van der Waals surface area (Å²) in [5, 5.41) is 0. The van der Waals surface area contributed by atoms with E-state index in [1.807, 2.05) is 0 Å². The van der Waals surface area contributed by atoms with E-state index >= 15 is 0 Å². The molecule has 0 aliphatic carbocycles. The van der Waals surface area contributed by atoms with Gasteiger partial charge in [0.25, 0.3) is 5.56 Å². The smallest absolute Gasteiger partial charge is 0.302 e. The fraction of sp³-hybridized carbons (Fsp3) is 0.545. The number of aromatic nitrogens is 2. The molecule has 1 heterocycles. The monoisotopic (exact) mass is 303 g/mol. The normalized spacial score (nSPS) is 11.8. The van der Waals surface area contributed by atoms with Crippen LogP contribution in [0.25, 0.3) is 0 Å². The van der Waals surface area contributed by atoms with Gasteiger partial charge in [-0.05, 0) is 0 Å². The van der Waals surface area contributed by atoms with E-state index in [2.05, 4.69) is 4.72 Å². The first kappa shape index (κ1) is 16.3. The number of rotatable bonds is 5. The molecule has 8 nitrogen and oxygen atoms in total. The molecule has 1 aromatic rings. The lowest BCUT2D eigenvalue weighted by Crippen LogP contribution is -2.42. The Hall–Kier alpha value is -1.74. The number of Topliss-reactive ketones (excluding diaryl/α,β-unsaturated/α-hetero) is 1. The van der Waals surface area contributed by atoms with Crippen molar-refractivity contribution in [2.45, 2.75) is 18.7 Å². The van der Waals surface area contributed by atoms with Crippen LogP contribution in [0.4, 0.5) is 0 Å². The van der Waals surface area contributed by atoms with Crippen molar-refractivity contribution in [1.29, 1.82) is 0 Å². The molecule has 0 aliphatic rings. The van der Waals surface area contributed by atoms with Crippen molar-refractivity contribution in [2.24, 2.45) is 20.0 Å². The van der Waals surface area contributed by atoms with Crippen LogP contribution in [0.5, 0.6) is 0 Å². The summed E-state index contributed by atoms with van der Waals surface area (Å²) >= 11 is 0. The topological polar surface area (TPSA) is 107 Å². The van der Waals surface area contributed by atoms with Gasteiger partial charge in [-0.15, -0.1) is 0 Å². The number of hydrogen-bond acceptors (Lipinski definition) is 5. The van der Waals surface area contributed by atoms with Crippen LogP contribution in [0.3, 0.4) is 0 Å². The molecular weight excluding hydrogens is 286 g/mol. The van der Waals surface area contributed by atoms with Crippen LogP contribution in [0, 0.1) is 5.92 Å². The Balaban J connectivity index is 3.21. The number of hydrogen-bond donors (Lipinski definition) is 1. The molecule has 0 bridgehead atoms. The maximum atomic E-state index is 12.0. The molecule has 0 aliphatic heterocycles. The third kappa shape index (κ3) is 3.23. The highest BCUT2D eigenvalue weighted by Gasteiger charge is 2.22.